The molecule has 0 bridgehead atoms. The van der Waals surface area contributed by atoms with E-state index in [-0.39, 0.29) is 5.56 Å². The second-order valence-corrected chi connectivity index (χ2v) is 4.41. The van der Waals surface area contributed by atoms with Gasteiger partial charge in [0.1, 0.15) is 5.69 Å². The maximum atomic E-state index is 11.9. The van der Waals surface area contributed by atoms with Crippen molar-refractivity contribution in [1.82, 2.24) is 9.72 Å². The van der Waals surface area contributed by atoms with Crippen LogP contribution < -0.4 is 10.9 Å². The van der Waals surface area contributed by atoms with Crippen LogP contribution >= 0.6 is 0 Å². The van der Waals surface area contributed by atoms with Gasteiger partial charge >= 0.3 is 0 Å². The molecule has 0 aliphatic carbocycles. The molecule has 0 saturated carbocycles. The number of aryl methyl sites for hydroxylation is 1. The molecule has 0 fully saturated rings. The second kappa shape index (κ2) is 5.05. The molecule has 3 rings (SSSR count). The van der Waals surface area contributed by atoms with E-state index in [1.54, 1.807) is 31.4 Å². The van der Waals surface area contributed by atoms with E-state index in [0.29, 0.717) is 17.3 Å². The topological polar surface area (TPSA) is 60.1 Å². The minimum absolute atomic E-state index is 0.114. The van der Waals surface area contributed by atoms with Crippen molar-refractivity contribution in [3.8, 4) is 11.3 Å². The molecule has 3 aromatic rings. The fourth-order valence-electron chi connectivity index (χ4n) is 1.90. The number of nitrogens with one attached hydrogen (secondary N) is 1. The lowest BCUT2D eigenvalue weighted by molar-refractivity contribution is 0.435. The Morgan fingerprint density at radius 3 is 2.75 bits per heavy atom. The van der Waals surface area contributed by atoms with E-state index < -0.39 is 0 Å². The normalized spacial score (nSPS) is 10.4. The van der Waals surface area contributed by atoms with Crippen molar-refractivity contribution in [2.75, 3.05) is 5.32 Å². The molecule has 0 spiro atoms. The third-order valence-electron chi connectivity index (χ3n) is 2.95. The third kappa shape index (κ3) is 2.33. The average molecular weight is 267 g/mol. The lowest BCUT2D eigenvalue weighted by Gasteiger charge is -2.02. The lowest BCUT2D eigenvalue weighted by atomic mass is 10.2. The maximum Gasteiger partial charge on any atom is 0.274 e. The number of nitrogens with zero attached hydrogens (tertiary/aromatic N) is 2. The van der Waals surface area contributed by atoms with Gasteiger partial charge in [0.2, 0.25) is 0 Å². The smallest absolute Gasteiger partial charge is 0.274 e. The quantitative estimate of drug-likeness (QED) is 0.792. The van der Waals surface area contributed by atoms with Gasteiger partial charge in [0.25, 0.3) is 5.56 Å². The van der Waals surface area contributed by atoms with Crippen LogP contribution in [-0.4, -0.2) is 9.72 Å². The molecule has 5 nitrogen and oxygen atoms in total. The Morgan fingerprint density at radius 1 is 1.15 bits per heavy atom. The lowest BCUT2D eigenvalue weighted by Crippen LogP contribution is -2.18. The van der Waals surface area contributed by atoms with Crippen LogP contribution in [0.3, 0.4) is 0 Å². The predicted molar refractivity (Wildman–Crippen MR) is 76.9 cm³/mol. The number of hydrogen-bond acceptors (Lipinski definition) is 4. The molecule has 2 heterocycles. The summed E-state index contributed by atoms with van der Waals surface area (Å²) in [5.41, 5.74) is 1.29. The van der Waals surface area contributed by atoms with Gasteiger partial charge in [0.05, 0.1) is 0 Å². The molecule has 2 aromatic heterocycles. The minimum Gasteiger partial charge on any atom is -0.354 e. The number of pyridine rings is 1. The number of hydrogen-bond donors (Lipinski definition) is 1. The van der Waals surface area contributed by atoms with E-state index in [2.05, 4.69) is 10.5 Å². The molecular formula is C15H13N3O2. The highest BCUT2D eigenvalue weighted by molar-refractivity contribution is 5.63. The van der Waals surface area contributed by atoms with Gasteiger partial charge in [-0.05, 0) is 12.1 Å². The van der Waals surface area contributed by atoms with Crippen molar-refractivity contribution in [1.29, 1.82) is 0 Å². The first-order valence-electron chi connectivity index (χ1n) is 6.19. The molecule has 0 saturated heterocycles. The van der Waals surface area contributed by atoms with Crippen LogP contribution in [-0.2, 0) is 7.05 Å². The van der Waals surface area contributed by atoms with E-state index in [1.807, 2.05) is 30.3 Å². The Balaban J connectivity index is 1.88. The van der Waals surface area contributed by atoms with Crippen LogP contribution in [0.25, 0.3) is 11.3 Å². The second-order valence-electron chi connectivity index (χ2n) is 4.41. The maximum absolute atomic E-state index is 11.9. The summed E-state index contributed by atoms with van der Waals surface area (Å²) >= 11 is 0. The highest BCUT2D eigenvalue weighted by atomic mass is 16.5. The number of rotatable bonds is 3. The fourth-order valence-corrected chi connectivity index (χ4v) is 1.90. The number of anilines is 2. The fraction of sp³-hybridized carbons (Fsp3) is 0.0667. The molecule has 0 amide bonds. The van der Waals surface area contributed by atoms with Crippen LogP contribution in [0.2, 0.25) is 0 Å². The van der Waals surface area contributed by atoms with Gasteiger partial charge in [-0.25, -0.2) is 0 Å². The summed E-state index contributed by atoms with van der Waals surface area (Å²) < 4.78 is 6.77. The summed E-state index contributed by atoms with van der Waals surface area (Å²) in [4.78, 5) is 11.9. The summed E-state index contributed by atoms with van der Waals surface area (Å²) in [7, 11) is 1.70. The van der Waals surface area contributed by atoms with E-state index in [9.17, 15) is 4.79 Å². The number of benzene rings is 1. The van der Waals surface area contributed by atoms with Crippen LogP contribution in [0.1, 0.15) is 0 Å². The van der Waals surface area contributed by atoms with Crippen LogP contribution in [0.15, 0.2) is 64.0 Å². The van der Waals surface area contributed by atoms with Crippen molar-refractivity contribution in [2.24, 2.45) is 7.05 Å². The Labute approximate surface area is 115 Å². The largest absolute Gasteiger partial charge is 0.354 e. The van der Waals surface area contributed by atoms with Gasteiger partial charge in [-0.15, -0.1) is 0 Å². The molecule has 0 aliphatic rings. The van der Waals surface area contributed by atoms with Gasteiger partial charge < -0.3 is 14.4 Å². The molecule has 5 heteroatoms. The molecule has 20 heavy (non-hydrogen) atoms. The third-order valence-corrected chi connectivity index (χ3v) is 2.95. The molecule has 1 aromatic carbocycles. The zero-order valence-corrected chi connectivity index (χ0v) is 10.9. The first-order chi connectivity index (χ1) is 9.74. The molecule has 100 valence electrons. The molecule has 0 aliphatic heterocycles. The summed E-state index contributed by atoms with van der Waals surface area (Å²) in [6.45, 7) is 0. The monoisotopic (exact) mass is 267 g/mol. The highest BCUT2D eigenvalue weighted by Crippen LogP contribution is 2.23. The summed E-state index contributed by atoms with van der Waals surface area (Å²) in [6.07, 6.45) is 1.70. The van der Waals surface area contributed by atoms with Crippen molar-refractivity contribution in [2.45, 2.75) is 0 Å². The minimum atomic E-state index is -0.114. The van der Waals surface area contributed by atoms with E-state index in [0.717, 1.165) is 5.56 Å². The van der Waals surface area contributed by atoms with Crippen molar-refractivity contribution in [3.05, 3.63) is 65.1 Å². The van der Waals surface area contributed by atoms with Crippen molar-refractivity contribution in [3.63, 3.8) is 0 Å². The zero-order chi connectivity index (χ0) is 13.9. The summed E-state index contributed by atoms with van der Waals surface area (Å²) in [5, 5.41) is 6.89. The van der Waals surface area contributed by atoms with Crippen LogP contribution in [0.5, 0.6) is 0 Å². The Hall–Kier alpha value is -2.82. The standard InChI is InChI=1S/C15H13N3O2/c1-18-9-5-8-12(15(18)19)16-14-10-13(20-17-14)11-6-3-2-4-7-11/h2-10H,1H3,(H,16,17). The van der Waals surface area contributed by atoms with Gasteiger partial charge in [-0.3, -0.25) is 4.79 Å². The van der Waals surface area contributed by atoms with Gasteiger partial charge in [0.15, 0.2) is 11.6 Å². The van der Waals surface area contributed by atoms with E-state index in [4.69, 9.17) is 4.52 Å². The SMILES string of the molecule is Cn1cccc(Nc2cc(-c3ccccc3)on2)c1=O. The Morgan fingerprint density at radius 2 is 1.95 bits per heavy atom. The first kappa shape index (κ1) is 12.2. The van der Waals surface area contributed by atoms with Crippen molar-refractivity contribution >= 4 is 11.5 Å². The van der Waals surface area contributed by atoms with Crippen molar-refractivity contribution < 1.29 is 4.52 Å². The molecule has 0 radical (unpaired) electrons. The molecular weight excluding hydrogens is 254 g/mol. The average Bonchev–Trinajstić information content (AvgIpc) is 2.93. The predicted octanol–water partition coefficient (Wildman–Crippen LogP) is 2.78. The first-order valence-corrected chi connectivity index (χ1v) is 6.19. The number of aromatic nitrogens is 2. The zero-order valence-electron chi connectivity index (χ0n) is 10.9. The van der Waals surface area contributed by atoms with Crippen LogP contribution in [0, 0.1) is 0 Å². The van der Waals surface area contributed by atoms with Gasteiger partial charge in [0, 0.05) is 24.9 Å². The van der Waals surface area contributed by atoms with Crippen LogP contribution in [0.4, 0.5) is 11.5 Å². The summed E-state index contributed by atoms with van der Waals surface area (Å²) in [6, 6.07) is 14.9. The molecule has 1 N–H and O–H groups in total. The van der Waals surface area contributed by atoms with E-state index in [1.165, 1.54) is 4.57 Å². The Bertz CT molecular complexity index is 775. The molecule has 0 unspecified atom stereocenters. The Kier molecular flexibility index (Phi) is 3.09. The van der Waals surface area contributed by atoms with Gasteiger partial charge in [-0.1, -0.05) is 35.5 Å². The molecule has 0 atom stereocenters. The summed E-state index contributed by atoms with van der Waals surface area (Å²) in [5.74, 6) is 1.16. The van der Waals surface area contributed by atoms with Gasteiger partial charge in [-0.2, -0.15) is 0 Å². The highest BCUT2D eigenvalue weighted by Gasteiger charge is 2.08. The van der Waals surface area contributed by atoms with E-state index >= 15 is 0 Å².